The van der Waals surface area contributed by atoms with Crippen LogP contribution in [0.3, 0.4) is 0 Å². The predicted molar refractivity (Wildman–Crippen MR) is 85.2 cm³/mol. The molecule has 0 spiro atoms. The number of carbonyl (C=O) groups is 1. The Labute approximate surface area is 133 Å². The van der Waals surface area contributed by atoms with Crippen molar-refractivity contribution in [2.45, 2.75) is 44.8 Å². The van der Waals surface area contributed by atoms with Gasteiger partial charge in [0.2, 0.25) is 5.88 Å². The molecule has 1 saturated carbocycles. The lowest BCUT2D eigenvalue weighted by Gasteiger charge is -2.29. The lowest BCUT2D eigenvalue weighted by molar-refractivity contribution is 0.0886. The first-order valence-electron chi connectivity index (χ1n) is 7.51. The van der Waals surface area contributed by atoms with Crippen molar-refractivity contribution in [3.05, 3.63) is 40.5 Å². The zero-order valence-electron chi connectivity index (χ0n) is 12.5. The van der Waals surface area contributed by atoms with E-state index in [2.05, 4.69) is 15.3 Å². The molecule has 1 amide bonds. The molecule has 2 aromatic rings. The molecule has 5 nitrogen and oxygen atoms in total. The highest BCUT2D eigenvalue weighted by Gasteiger charge is 2.24. The van der Waals surface area contributed by atoms with E-state index < -0.39 is 0 Å². The second-order valence-corrected chi connectivity index (χ2v) is 6.55. The normalized spacial score (nSPS) is 21.3. The number of pyridine rings is 1. The average molecular weight is 317 g/mol. The van der Waals surface area contributed by atoms with Crippen molar-refractivity contribution >= 4 is 17.2 Å². The molecule has 1 fully saturated rings. The topological polar surface area (TPSA) is 64.1 Å². The molecule has 116 valence electrons. The van der Waals surface area contributed by atoms with Crippen molar-refractivity contribution in [3.8, 4) is 5.88 Å². The molecule has 6 heteroatoms. The van der Waals surface area contributed by atoms with E-state index in [1.165, 1.54) is 11.3 Å². The average Bonchev–Trinajstić information content (AvgIpc) is 2.97. The highest BCUT2D eigenvalue weighted by molar-refractivity contribution is 7.09. The van der Waals surface area contributed by atoms with Crippen molar-refractivity contribution in [2.24, 2.45) is 0 Å². The number of amides is 1. The Morgan fingerprint density at radius 2 is 2.14 bits per heavy atom. The maximum atomic E-state index is 12.1. The van der Waals surface area contributed by atoms with Crippen LogP contribution in [0, 0.1) is 6.92 Å². The van der Waals surface area contributed by atoms with Crippen LogP contribution < -0.4 is 10.1 Å². The molecule has 0 aliphatic heterocycles. The van der Waals surface area contributed by atoms with Gasteiger partial charge in [-0.2, -0.15) is 0 Å². The zero-order valence-corrected chi connectivity index (χ0v) is 13.3. The third kappa shape index (κ3) is 3.82. The number of hydrogen-bond acceptors (Lipinski definition) is 5. The number of nitrogens with zero attached hydrogens (tertiary/aromatic N) is 2. The molecule has 1 aliphatic carbocycles. The molecule has 3 rings (SSSR count). The van der Waals surface area contributed by atoms with Gasteiger partial charge in [0.25, 0.3) is 5.91 Å². The van der Waals surface area contributed by atoms with Gasteiger partial charge in [-0.15, -0.1) is 11.3 Å². The smallest absolute Gasteiger partial charge is 0.270 e. The van der Waals surface area contributed by atoms with Crippen molar-refractivity contribution in [1.29, 1.82) is 0 Å². The first-order chi connectivity index (χ1) is 10.7. The number of thiazole rings is 1. The van der Waals surface area contributed by atoms with Crippen molar-refractivity contribution < 1.29 is 9.53 Å². The van der Waals surface area contributed by atoms with Gasteiger partial charge in [0.1, 0.15) is 11.8 Å². The molecule has 0 saturated heterocycles. The van der Waals surface area contributed by atoms with E-state index in [-0.39, 0.29) is 18.1 Å². The number of aryl methyl sites for hydroxylation is 1. The lowest BCUT2D eigenvalue weighted by Crippen LogP contribution is -2.39. The Morgan fingerprint density at radius 1 is 1.32 bits per heavy atom. The minimum absolute atomic E-state index is 0.0709. The third-order valence-electron chi connectivity index (χ3n) is 3.79. The van der Waals surface area contributed by atoms with Crippen LogP contribution in [-0.4, -0.2) is 28.0 Å². The number of aromatic nitrogens is 2. The van der Waals surface area contributed by atoms with E-state index >= 15 is 0 Å². The molecule has 0 atom stereocenters. The second kappa shape index (κ2) is 6.87. The Kier molecular flexibility index (Phi) is 4.68. The van der Waals surface area contributed by atoms with Crippen molar-refractivity contribution in [2.75, 3.05) is 0 Å². The molecular weight excluding hydrogens is 298 g/mol. The van der Waals surface area contributed by atoms with Crippen LogP contribution in [-0.2, 0) is 0 Å². The van der Waals surface area contributed by atoms with Gasteiger partial charge in [-0.05, 0) is 38.7 Å². The van der Waals surface area contributed by atoms with E-state index in [1.807, 2.05) is 25.1 Å². The minimum atomic E-state index is -0.0709. The van der Waals surface area contributed by atoms with Crippen LogP contribution in [0.1, 0.15) is 41.2 Å². The molecule has 1 N–H and O–H groups in total. The van der Waals surface area contributed by atoms with Crippen molar-refractivity contribution in [1.82, 2.24) is 15.3 Å². The monoisotopic (exact) mass is 317 g/mol. The molecule has 0 aromatic carbocycles. The second-order valence-electron chi connectivity index (χ2n) is 5.48. The number of ether oxygens (including phenoxy) is 1. The van der Waals surface area contributed by atoms with Gasteiger partial charge < -0.3 is 10.1 Å². The fourth-order valence-electron chi connectivity index (χ4n) is 2.64. The fraction of sp³-hybridized carbons (Fsp3) is 0.438. The zero-order chi connectivity index (χ0) is 15.4. The molecule has 0 bridgehead atoms. The Hall–Kier alpha value is -1.95. The van der Waals surface area contributed by atoms with E-state index in [1.54, 1.807) is 11.6 Å². The summed E-state index contributed by atoms with van der Waals surface area (Å²) in [7, 11) is 0. The van der Waals surface area contributed by atoms with Crippen LogP contribution in [0.25, 0.3) is 0 Å². The highest BCUT2D eigenvalue weighted by Crippen LogP contribution is 2.23. The summed E-state index contributed by atoms with van der Waals surface area (Å²) < 4.78 is 5.86. The fourth-order valence-corrected chi connectivity index (χ4v) is 3.23. The molecule has 2 aromatic heterocycles. The Morgan fingerprint density at radius 3 is 2.77 bits per heavy atom. The summed E-state index contributed by atoms with van der Waals surface area (Å²) in [5.41, 5.74) is 0.523. The summed E-state index contributed by atoms with van der Waals surface area (Å²) in [6.07, 6.45) is 5.62. The molecule has 0 radical (unpaired) electrons. The molecule has 0 unspecified atom stereocenters. The predicted octanol–water partition coefficient (Wildman–Crippen LogP) is 2.97. The summed E-state index contributed by atoms with van der Waals surface area (Å²) in [5, 5.41) is 5.79. The summed E-state index contributed by atoms with van der Waals surface area (Å²) in [4.78, 5) is 20.5. The Bertz CT molecular complexity index is 621. The van der Waals surface area contributed by atoms with Crippen LogP contribution >= 0.6 is 11.3 Å². The van der Waals surface area contributed by atoms with Crippen LogP contribution in [0.15, 0.2) is 29.8 Å². The van der Waals surface area contributed by atoms with Gasteiger partial charge in [0.05, 0.1) is 5.01 Å². The summed E-state index contributed by atoms with van der Waals surface area (Å²) >= 11 is 1.50. The molecular formula is C16H19N3O2S. The van der Waals surface area contributed by atoms with Crippen LogP contribution in [0.4, 0.5) is 0 Å². The summed E-state index contributed by atoms with van der Waals surface area (Å²) in [6.45, 7) is 1.90. The minimum Gasteiger partial charge on any atom is -0.474 e. The van der Waals surface area contributed by atoms with E-state index in [0.29, 0.717) is 11.6 Å². The highest BCUT2D eigenvalue weighted by atomic mass is 32.1. The van der Waals surface area contributed by atoms with E-state index in [9.17, 15) is 4.79 Å². The number of nitrogens with one attached hydrogen (secondary N) is 1. The van der Waals surface area contributed by atoms with Crippen molar-refractivity contribution in [3.63, 3.8) is 0 Å². The van der Waals surface area contributed by atoms with Crippen LogP contribution in [0.2, 0.25) is 0 Å². The van der Waals surface area contributed by atoms with Gasteiger partial charge >= 0.3 is 0 Å². The quantitative estimate of drug-likeness (QED) is 0.941. The largest absolute Gasteiger partial charge is 0.474 e. The number of hydrogen-bond donors (Lipinski definition) is 1. The standard InChI is InChI=1S/C16H19N3O2S/c1-11-18-14(10-22-11)16(20)19-12-5-7-13(8-6-12)21-15-4-2-3-9-17-15/h2-4,9-10,12-13H,5-8H2,1H3,(H,19,20). The molecule has 2 heterocycles. The van der Waals surface area contributed by atoms with Gasteiger partial charge in [0, 0.05) is 23.7 Å². The first kappa shape index (κ1) is 15.0. The number of rotatable bonds is 4. The molecule has 1 aliphatic rings. The van der Waals surface area contributed by atoms with Crippen LogP contribution in [0.5, 0.6) is 5.88 Å². The number of carbonyl (C=O) groups excluding carboxylic acids is 1. The van der Waals surface area contributed by atoms with E-state index in [4.69, 9.17) is 4.74 Å². The molecule has 22 heavy (non-hydrogen) atoms. The Balaban J connectivity index is 1.46. The lowest BCUT2D eigenvalue weighted by atomic mass is 9.93. The first-order valence-corrected chi connectivity index (χ1v) is 8.39. The maximum Gasteiger partial charge on any atom is 0.270 e. The summed E-state index contributed by atoms with van der Waals surface area (Å²) in [6, 6.07) is 5.88. The van der Waals surface area contributed by atoms with Gasteiger partial charge in [-0.25, -0.2) is 9.97 Å². The van der Waals surface area contributed by atoms with Gasteiger partial charge in [0.15, 0.2) is 0 Å². The SMILES string of the molecule is Cc1nc(C(=O)NC2CCC(Oc3ccccn3)CC2)cs1. The van der Waals surface area contributed by atoms with Gasteiger partial charge in [-0.3, -0.25) is 4.79 Å². The van der Waals surface area contributed by atoms with Gasteiger partial charge in [-0.1, -0.05) is 6.07 Å². The summed E-state index contributed by atoms with van der Waals surface area (Å²) in [5.74, 6) is 0.603. The maximum absolute atomic E-state index is 12.1. The van der Waals surface area contributed by atoms with E-state index in [0.717, 1.165) is 30.7 Å². The third-order valence-corrected chi connectivity index (χ3v) is 4.56.